The van der Waals surface area contributed by atoms with E-state index in [1.54, 1.807) is 0 Å². The summed E-state index contributed by atoms with van der Waals surface area (Å²) in [4.78, 5) is 22.7. The fourth-order valence-corrected chi connectivity index (χ4v) is 4.29. The Kier molecular flexibility index (Phi) is 6.82. The summed E-state index contributed by atoms with van der Waals surface area (Å²) >= 11 is 0. The summed E-state index contributed by atoms with van der Waals surface area (Å²) in [5, 5.41) is 4.10. The molecule has 0 unspecified atom stereocenters. The molecule has 2 aromatic rings. The number of para-hydroxylation sites is 1. The lowest BCUT2D eigenvalue weighted by molar-refractivity contribution is 0.00673. The summed E-state index contributed by atoms with van der Waals surface area (Å²) in [5.41, 5.74) is 1.53. The molecule has 0 aliphatic carbocycles. The van der Waals surface area contributed by atoms with Gasteiger partial charge in [-0.15, -0.1) is 0 Å². The highest BCUT2D eigenvalue weighted by Gasteiger charge is 2.25. The molecule has 1 N–H and O–H groups in total. The van der Waals surface area contributed by atoms with Crippen LogP contribution in [0.1, 0.15) is 24.2 Å². The number of fused-ring (bicyclic) bond motifs is 1. The molecule has 2 aliphatic rings. The van der Waals surface area contributed by atoms with E-state index in [-0.39, 0.29) is 5.91 Å². The van der Waals surface area contributed by atoms with E-state index >= 15 is 0 Å². The van der Waals surface area contributed by atoms with Crippen molar-refractivity contribution < 1.29 is 14.3 Å². The van der Waals surface area contributed by atoms with Crippen molar-refractivity contribution in [3.63, 3.8) is 0 Å². The van der Waals surface area contributed by atoms with Gasteiger partial charge in [-0.05, 0) is 18.1 Å². The molecule has 3 heterocycles. The van der Waals surface area contributed by atoms with E-state index in [2.05, 4.69) is 29.0 Å². The van der Waals surface area contributed by atoms with E-state index < -0.39 is 0 Å². The Labute approximate surface area is 178 Å². The number of rotatable bonds is 6. The first kappa shape index (κ1) is 21.0. The fourth-order valence-electron chi connectivity index (χ4n) is 4.29. The molecular weight excluding hydrogens is 380 g/mol. The van der Waals surface area contributed by atoms with E-state index in [9.17, 15) is 4.79 Å². The SMILES string of the molecule is CC(C)[C@@H](CNC(=O)c1cc(N2CCOCC2)nc2ccccc12)N1CCOCC1. The van der Waals surface area contributed by atoms with E-state index in [0.717, 1.165) is 56.1 Å². The van der Waals surface area contributed by atoms with Crippen molar-refractivity contribution in [2.45, 2.75) is 19.9 Å². The number of carbonyl (C=O) groups is 1. The first-order valence-electron chi connectivity index (χ1n) is 11.0. The Morgan fingerprint density at radius 2 is 1.73 bits per heavy atom. The number of pyridine rings is 1. The van der Waals surface area contributed by atoms with E-state index in [1.165, 1.54) is 0 Å². The number of nitrogens with zero attached hydrogens (tertiary/aromatic N) is 3. The van der Waals surface area contributed by atoms with Gasteiger partial charge >= 0.3 is 0 Å². The maximum atomic E-state index is 13.3. The predicted octanol–water partition coefficient (Wildman–Crippen LogP) is 2.16. The van der Waals surface area contributed by atoms with Gasteiger partial charge in [-0.25, -0.2) is 4.98 Å². The van der Waals surface area contributed by atoms with Gasteiger partial charge < -0.3 is 19.7 Å². The van der Waals surface area contributed by atoms with Gasteiger partial charge in [0.05, 0.1) is 37.5 Å². The summed E-state index contributed by atoms with van der Waals surface area (Å²) in [6.07, 6.45) is 0. The molecule has 0 spiro atoms. The highest BCUT2D eigenvalue weighted by atomic mass is 16.5. The Hall–Kier alpha value is -2.22. The molecule has 30 heavy (non-hydrogen) atoms. The van der Waals surface area contributed by atoms with Crippen LogP contribution in [0.5, 0.6) is 0 Å². The number of amides is 1. The normalized spacial score (nSPS) is 19.2. The minimum atomic E-state index is -0.0398. The van der Waals surface area contributed by atoms with E-state index in [1.807, 2.05) is 30.3 Å². The fraction of sp³-hybridized carbons (Fsp3) is 0.565. The topological polar surface area (TPSA) is 66.9 Å². The number of hydrogen-bond donors (Lipinski definition) is 1. The third-order valence-corrected chi connectivity index (χ3v) is 6.04. The molecule has 0 radical (unpaired) electrons. The number of aromatic nitrogens is 1. The number of carbonyl (C=O) groups excluding carboxylic acids is 1. The lowest BCUT2D eigenvalue weighted by atomic mass is 10.0. The van der Waals surface area contributed by atoms with Gasteiger partial charge in [0.2, 0.25) is 0 Å². The second-order valence-corrected chi connectivity index (χ2v) is 8.31. The zero-order valence-electron chi connectivity index (χ0n) is 18.0. The number of hydrogen-bond acceptors (Lipinski definition) is 6. The summed E-state index contributed by atoms with van der Waals surface area (Å²) < 4.78 is 11.0. The highest BCUT2D eigenvalue weighted by molar-refractivity contribution is 6.07. The van der Waals surface area contributed by atoms with Gasteiger partial charge in [0, 0.05) is 44.2 Å². The molecular formula is C23H32N4O3. The van der Waals surface area contributed by atoms with Crippen molar-refractivity contribution in [1.82, 2.24) is 15.2 Å². The van der Waals surface area contributed by atoms with Crippen molar-refractivity contribution in [2.24, 2.45) is 5.92 Å². The average Bonchev–Trinajstić information content (AvgIpc) is 2.79. The number of anilines is 1. The summed E-state index contributed by atoms with van der Waals surface area (Å²) in [6.45, 7) is 11.4. The van der Waals surface area contributed by atoms with Gasteiger partial charge in [0.25, 0.3) is 5.91 Å². The summed E-state index contributed by atoms with van der Waals surface area (Å²) in [6, 6.07) is 10.1. The van der Waals surface area contributed by atoms with Crippen molar-refractivity contribution in [3.8, 4) is 0 Å². The molecule has 0 saturated carbocycles. The maximum Gasteiger partial charge on any atom is 0.252 e. The Balaban J connectivity index is 1.55. The Morgan fingerprint density at radius 3 is 2.43 bits per heavy atom. The zero-order valence-corrected chi connectivity index (χ0v) is 18.0. The molecule has 0 bridgehead atoms. The molecule has 1 aromatic carbocycles. The van der Waals surface area contributed by atoms with Crippen molar-refractivity contribution in [1.29, 1.82) is 0 Å². The zero-order chi connectivity index (χ0) is 20.9. The van der Waals surface area contributed by atoms with Crippen LogP contribution < -0.4 is 10.2 Å². The highest BCUT2D eigenvalue weighted by Crippen LogP contribution is 2.24. The molecule has 4 rings (SSSR count). The molecule has 2 fully saturated rings. The van der Waals surface area contributed by atoms with Crippen LogP contribution in [-0.4, -0.2) is 81.0 Å². The van der Waals surface area contributed by atoms with Crippen LogP contribution in [0.3, 0.4) is 0 Å². The largest absolute Gasteiger partial charge is 0.379 e. The smallest absolute Gasteiger partial charge is 0.252 e. The van der Waals surface area contributed by atoms with Crippen LogP contribution in [0.25, 0.3) is 10.9 Å². The number of benzene rings is 1. The van der Waals surface area contributed by atoms with Gasteiger partial charge in [0.1, 0.15) is 5.82 Å². The molecule has 7 nitrogen and oxygen atoms in total. The molecule has 1 aromatic heterocycles. The minimum absolute atomic E-state index is 0.0398. The Bertz CT molecular complexity index is 861. The van der Waals surface area contributed by atoms with Crippen LogP contribution in [0.2, 0.25) is 0 Å². The lowest BCUT2D eigenvalue weighted by Crippen LogP contribution is -2.51. The van der Waals surface area contributed by atoms with Crippen LogP contribution in [0, 0.1) is 5.92 Å². The third kappa shape index (κ3) is 4.74. The standard InChI is InChI=1S/C23H32N4O3/c1-17(2)21(26-7-11-29-12-8-26)16-24-23(28)19-15-22(27-9-13-30-14-10-27)25-20-6-4-3-5-18(19)20/h3-6,15,17,21H,7-14,16H2,1-2H3,(H,24,28)/t21-/m1/s1. The van der Waals surface area contributed by atoms with Crippen LogP contribution >= 0.6 is 0 Å². The quantitative estimate of drug-likeness (QED) is 0.784. The van der Waals surface area contributed by atoms with Crippen LogP contribution in [0.15, 0.2) is 30.3 Å². The number of nitrogens with one attached hydrogen (secondary N) is 1. The number of morpholine rings is 2. The van der Waals surface area contributed by atoms with Gasteiger partial charge in [-0.1, -0.05) is 32.0 Å². The van der Waals surface area contributed by atoms with Crippen molar-refractivity contribution in [3.05, 3.63) is 35.9 Å². The molecule has 2 saturated heterocycles. The van der Waals surface area contributed by atoms with Gasteiger partial charge in [-0.2, -0.15) is 0 Å². The molecule has 162 valence electrons. The first-order valence-corrected chi connectivity index (χ1v) is 11.0. The van der Waals surface area contributed by atoms with Crippen molar-refractivity contribution >= 4 is 22.6 Å². The average molecular weight is 413 g/mol. The second kappa shape index (κ2) is 9.73. The summed E-state index contributed by atoms with van der Waals surface area (Å²) in [7, 11) is 0. The third-order valence-electron chi connectivity index (χ3n) is 6.04. The summed E-state index contributed by atoms with van der Waals surface area (Å²) in [5.74, 6) is 1.25. The number of ether oxygens (including phenoxy) is 2. The molecule has 7 heteroatoms. The molecule has 1 atom stereocenters. The lowest BCUT2D eigenvalue weighted by Gasteiger charge is -2.37. The van der Waals surface area contributed by atoms with Crippen LogP contribution in [0.4, 0.5) is 5.82 Å². The Morgan fingerprint density at radius 1 is 1.07 bits per heavy atom. The van der Waals surface area contributed by atoms with E-state index in [4.69, 9.17) is 14.5 Å². The molecule has 2 aliphatic heterocycles. The van der Waals surface area contributed by atoms with Crippen molar-refractivity contribution in [2.75, 3.05) is 64.1 Å². The van der Waals surface area contributed by atoms with E-state index in [0.29, 0.717) is 37.3 Å². The first-order chi connectivity index (χ1) is 14.6. The van der Waals surface area contributed by atoms with Crippen LogP contribution in [-0.2, 0) is 9.47 Å². The minimum Gasteiger partial charge on any atom is -0.379 e. The molecule has 1 amide bonds. The van der Waals surface area contributed by atoms with Gasteiger partial charge in [-0.3, -0.25) is 9.69 Å². The maximum absolute atomic E-state index is 13.3. The monoisotopic (exact) mass is 412 g/mol. The van der Waals surface area contributed by atoms with Gasteiger partial charge in [0.15, 0.2) is 0 Å². The second-order valence-electron chi connectivity index (χ2n) is 8.31. The predicted molar refractivity (Wildman–Crippen MR) is 118 cm³/mol.